The molecule has 0 bridgehead atoms. The highest BCUT2D eigenvalue weighted by atomic mass is 32.2. The molecule has 1 aliphatic heterocycles. The van der Waals surface area contributed by atoms with Gasteiger partial charge in [0.2, 0.25) is 10.0 Å². The van der Waals surface area contributed by atoms with Gasteiger partial charge in [0, 0.05) is 19.1 Å². The van der Waals surface area contributed by atoms with Crippen LogP contribution >= 0.6 is 0 Å². The lowest BCUT2D eigenvalue weighted by atomic mass is 9.94. The number of hydrogen-bond acceptors (Lipinski definition) is 5. The Hall–Kier alpha value is -1.93. The maximum atomic E-state index is 13.0. The Bertz CT molecular complexity index is 838. The van der Waals surface area contributed by atoms with Crippen molar-refractivity contribution in [2.45, 2.75) is 56.9 Å². The van der Waals surface area contributed by atoms with Crippen LogP contribution in [0.15, 0.2) is 29.2 Å². The lowest BCUT2D eigenvalue weighted by Crippen LogP contribution is -2.42. The van der Waals surface area contributed by atoms with E-state index in [1.807, 2.05) is 13.8 Å². The van der Waals surface area contributed by atoms with E-state index in [0.717, 1.165) is 32.1 Å². The Morgan fingerprint density at radius 2 is 1.79 bits per heavy atom. The van der Waals surface area contributed by atoms with Crippen LogP contribution in [0.3, 0.4) is 0 Å². The highest BCUT2D eigenvalue weighted by molar-refractivity contribution is 7.89. The fourth-order valence-corrected chi connectivity index (χ4v) is 6.01. The molecule has 0 aromatic heterocycles. The third-order valence-electron chi connectivity index (χ3n) is 5.60. The first-order chi connectivity index (χ1) is 13.8. The predicted molar refractivity (Wildman–Crippen MR) is 109 cm³/mol. The van der Waals surface area contributed by atoms with E-state index in [-0.39, 0.29) is 29.0 Å². The Labute approximate surface area is 172 Å². The van der Waals surface area contributed by atoms with Gasteiger partial charge >= 0.3 is 5.97 Å². The van der Waals surface area contributed by atoms with Crippen LogP contribution in [0.4, 0.5) is 0 Å². The number of piperidine rings is 1. The molecule has 2 fully saturated rings. The zero-order valence-corrected chi connectivity index (χ0v) is 17.9. The van der Waals surface area contributed by atoms with E-state index in [9.17, 15) is 18.0 Å². The standard InChI is InChI=1S/C21H30N2O5S/c1-15-10-16(2)13-23(12-15)29(26,27)19-9-5-6-17(11-19)21(25)28-14-20(24)22-18-7-3-4-8-18/h5-6,9,11,15-16,18H,3-4,7-8,10,12-14H2,1-2H3,(H,22,24)/t15-,16+. The molecule has 2 aliphatic rings. The van der Waals surface area contributed by atoms with Crippen LogP contribution < -0.4 is 5.32 Å². The molecule has 7 nitrogen and oxygen atoms in total. The van der Waals surface area contributed by atoms with Crippen molar-refractivity contribution in [1.82, 2.24) is 9.62 Å². The molecule has 1 saturated carbocycles. The SMILES string of the molecule is C[C@@H]1C[C@H](C)CN(S(=O)(=O)c2cccc(C(=O)OCC(=O)NC3CCCC3)c2)C1. The van der Waals surface area contributed by atoms with Gasteiger partial charge in [0.05, 0.1) is 10.5 Å². The quantitative estimate of drug-likeness (QED) is 0.711. The molecule has 1 aromatic rings. The van der Waals surface area contributed by atoms with Crippen molar-refractivity contribution in [3.8, 4) is 0 Å². The molecule has 1 aromatic carbocycles. The summed E-state index contributed by atoms with van der Waals surface area (Å²) in [5.41, 5.74) is 0.123. The molecule has 3 rings (SSSR count). The number of esters is 1. The minimum Gasteiger partial charge on any atom is -0.452 e. The first-order valence-electron chi connectivity index (χ1n) is 10.3. The van der Waals surface area contributed by atoms with E-state index in [0.29, 0.717) is 24.9 Å². The number of carbonyl (C=O) groups excluding carboxylic acids is 2. The third-order valence-corrected chi connectivity index (χ3v) is 7.43. The smallest absolute Gasteiger partial charge is 0.338 e. The van der Waals surface area contributed by atoms with Gasteiger partial charge < -0.3 is 10.1 Å². The average molecular weight is 423 g/mol. The summed E-state index contributed by atoms with van der Waals surface area (Å²) in [5, 5.41) is 2.85. The Balaban J connectivity index is 1.63. The van der Waals surface area contributed by atoms with E-state index < -0.39 is 16.0 Å². The zero-order chi connectivity index (χ0) is 21.0. The molecule has 2 atom stereocenters. The second-order valence-corrected chi connectivity index (χ2v) is 10.4. The van der Waals surface area contributed by atoms with Crippen LogP contribution in [-0.4, -0.2) is 50.3 Å². The van der Waals surface area contributed by atoms with E-state index in [2.05, 4.69) is 5.32 Å². The molecular formula is C21H30N2O5S. The largest absolute Gasteiger partial charge is 0.452 e. The summed E-state index contributed by atoms with van der Waals surface area (Å²) in [4.78, 5) is 24.3. The maximum Gasteiger partial charge on any atom is 0.338 e. The fourth-order valence-electron chi connectivity index (χ4n) is 4.29. The van der Waals surface area contributed by atoms with Crippen LogP contribution in [0.2, 0.25) is 0 Å². The number of benzene rings is 1. The molecule has 29 heavy (non-hydrogen) atoms. The summed E-state index contributed by atoms with van der Waals surface area (Å²) in [6.45, 7) is 4.67. The topological polar surface area (TPSA) is 92.8 Å². The highest BCUT2D eigenvalue weighted by Crippen LogP contribution is 2.27. The third kappa shape index (κ3) is 5.57. The molecule has 0 spiro atoms. The van der Waals surface area contributed by atoms with Crippen molar-refractivity contribution >= 4 is 21.9 Å². The molecule has 1 amide bonds. The van der Waals surface area contributed by atoms with Gasteiger partial charge in [-0.3, -0.25) is 4.79 Å². The minimum absolute atomic E-state index is 0.0728. The second-order valence-electron chi connectivity index (χ2n) is 8.42. The molecule has 1 N–H and O–H groups in total. The van der Waals surface area contributed by atoms with Gasteiger partial charge in [0.15, 0.2) is 6.61 Å². The Morgan fingerprint density at radius 3 is 2.45 bits per heavy atom. The Morgan fingerprint density at radius 1 is 1.14 bits per heavy atom. The first-order valence-corrected chi connectivity index (χ1v) is 11.8. The number of sulfonamides is 1. The summed E-state index contributed by atoms with van der Waals surface area (Å²) in [6, 6.07) is 6.00. The monoisotopic (exact) mass is 422 g/mol. The van der Waals surface area contributed by atoms with E-state index in [1.165, 1.54) is 28.6 Å². The number of amides is 1. The molecule has 1 saturated heterocycles. The fraction of sp³-hybridized carbons (Fsp3) is 0.619. The first kappa shape index (κ1) is 21.8. The van der Waals surface area contributed by atoms with Crippen LogP contribution in [0.25, 0.3) is 0 Å². The van der Waals surface area contributed by atoms with Crippen LogP contribution in [0, 0.1) is 11.8 Å². The van der Waals surface area contributed by atoms with Crippen LogP contribution in [0.1, 0.15) is 56.3 Å². The summed E-state index contributed by atoms with van der Waals surface area (Å²) >= 11 is 0. The van der Waals surface area contributed by atoms with Gasteiger partial charge in [-0.05, 0) is 49.3 Å². The molecular weight excluding hydrogens is 392 g/mol. The molecule has 1 aliphatic carbocycles. The highest BCUT2D eigenvalue weighted by Gasteiger charge is 2.32. The van der Waals surface area contributed by atoms with E-state index in [4.69, 9.17) is 4.74 Å². The number of carbonyl (C=O) groups is 2. The number of nitrogens with zero attached hydrogens (tertiary/aromatic N) is 1. The maximum absolute atomic E-state index is 13.0. The minimum atomic E-state index is -3.68. The normalized spacial score (nSPS) is 23.7. The van der Waals surface area contributed by atoms with Crippen molar-refractivity contribution in [1.29, 1.82) is 0 Å². The van der Waals surface area contributed by atoms with Gasteiger partial charge in [0.25, 0.3) is 5.91 Å². The number of rotatable bonds is 6. The van der Waals surface area contributed by atoms with Crippen molar-refractivity contribution in [2.75, 3.05) is 19.7 Å². The van der Waals surface area contributed by atoms with E-state index >= 15 is 0 Å². The summed E-state index contributed by atoms with van der Waals surface area (Å²) in [6.07, 6.45) is 5.10. The number of hydrogen-bond donors (Lipinski definition) is 1. The number of ether oxygens (including phenoxy) is 1. The van der Waals surface area contributed by atoms with Crippen LogP contribution in [0.5, 0.6) is 0 Å². The summed E-state index contributed by atoms with van der Waals surface area (Å²) in [7, 11) is -3.68. The van der Waals surface area contributed by atoms with Crippen molar-refractivity contribution in [3.63, 3.8) is 0 Å². The summed E-state index contributed by atoms with van der Waals surface area (Å²) < 4.78 is 32.6. The molecule has 160 valence electrons. The van der Waals surface area contributed by atoms with Gasteiger partial charge in [-0.2, -0.15) is 4.31 Å². The van der Waals surface area contributed by atoms with Gasteiger partial charge in [-0.25, -0.2) is 13.2 Å². The number of nitrogens with one attached hydrogen (secondary N) is 1. The van der Waals surface area contributed by atoms with Crippen molar-refractivity contribution < 1.29 is 22.7 Å². The molecule has 0 radical (unpaired) electrons. The van der Waals surface area contributed by atoms with Crippen molar-refractivity contribution in [3.05, 3.63) is 29.8 Å². The lowest BCUT2D eigenvalue weighted by Gasteiger charge is -2.34. The van der Waals surface area contributed by atoms with Crippen LogP contribution in [-0.2, 0) is 19.6 Å². The van der Waals surface area contributed by atoms with Gasteiger partial charge in [-0.15, -0.1) is 0 Å². The average Bonchev–Trinajstić information content (AvgIpc) is 3.18. The predicted octanol–water partition coefficient (Wildman–Crippen LogP) is 2.57. The zero-order valence-electron chi connectivity index (χ0n) is 17.1. The molecule has 0 unspecified atom stereocenters. The molecule has 8 heteroatoms. The van der Waals surface area contributed by atoms with Gasteiger partial charge in [0.1, 0.15) is 0 Å². The lowest BCUT2D eigenvalue weighted by molar-refractivity contribution is -0.124. The Kier molecular flexibility index (Phi) is 6.95. The van der Waals surface area contributed by atoms with Gasteiger partial charge in [-0.1, -0.05) is 32.8 Å². The van der Waals surface area contributed by atoms with Crippen molar-refractivity contribution in [2.24, 2.45) is 11.8 Å². The molecule has 1 heterocycles. The second kappa shape index (κ2) is 9.26. The summed E-state index contributed by atoms with van der Waals surface area (Å²) in [5.74, 6) is -0.450. The van der Waals surface area contributed by atoms with E-state index in [1.54, 1.807) is 0 Å².